The van der Waals surface area contributed by atoms with Gasteiger partial charge in [-0.05, 0) is 23.4 Å². The summed E-state index contributed by atoms with van der Waals surface area (Å²) in [6.45, 7) is -0.262. The molecule has 98 valence electrons. The van der Waals surface area contributed by atoms with Gasteiger partial charge in [-0.1, -0.05) is 0 Å². The van der Waals surface area contributed by atoms with Crippen molar-refractivity contribution in [2.24, 2.45) is 5.73 Å². The molecule has 1 aromatic heterocycles. The number of nitrogens with zero attached hydrogens (tertiary/aromatic N) is 4. The van der Waals surface area contributed by atoms with E-state index in [-0.39, 0.29) is 13.0 Å². The second-order valence-corrected chi connectivity index (χ2v) is 3.38. The molecule has 0 saturated heterocycles. The summed E-state index contributed by atoms with van der Waals surface area (Å²) >= 11 is 0. The van der Waals surface area contributed by atoms with E-state index in [0.29, 0.717) is 25.3 Å². The van der Waals surface area contributed by atoms with Crippen molar-refractivity contribution in [3.05, 3.63) is 5.82 Å². The summed E-state index contributed by atoms with van der Waals surface area (Å²) < 4.78 is 41.3. The Bertz CT molecular complexity index is 327. The van der Waals surface area contributed by atoms with E-state index in [2.05, 4.69) is 20.3 Å². The van der Waals surface area contributed by atoms with Gasteiger partial charge < -0.3 is 10.5 Å². The molecule has 6 nitrogen and oxygen atoms in total. The maximum atomic E-state index is 11.8. The molecule has 17 heavy (non-hydrogen) atoms. The van der Waals surface area contributed by atoms with Crippen LogP contribution < -0.4 is 5.73 Å². The van der Waals surface area contributed by atoms with Crippen molar-refractivity contribution in [2.45, 2.75) is 25.6 Å². The van der Waals surface area contributed by atoms with Crippen LogP contribution in [0.4, 0.5) is 13.2 Å². The smallest absolute Gasteiger partial charge is 0.372 e. The molecule has 0 aliphatic carbocycles. The number of hydrogen-bond acceptors (Lipinski definition) is 5. The summed E-state index contributed by atoms with van der Waals surface area (Å²) in [6, 6.07) is 0. The average molecular weight is 253 g/mol. The Morgan fingerprint density at radius 2 is 2.12 bits per heavy atom. The summed E-state index contributed by atoms with van der Waals surface area (Å²) in [4.78, 5) is 0. The van der Waals surface area contributed by atoms with Crippen LogP contribution in [0.1, 0.15) is 12.2 Å². The van der Waals surface area contributed by atoms with Crippen LogP contribution in [0.25, 0.3) is 0 Å². The highest BCUT2D eigenvalue weighted by atomic mass is 19.4. The largest absolute Gasteiger partial charge is 0.411 e. The van der Waals surface area contributed by atoms with Gasteiger partial charge >= 0.3 is 6.18 Å². The third-order valence-electron chi connectivity index (χ3n) is 1.92. The first-order chi connectivity index (χ1) is 8.03. The zero-order valence-electron chi connectivity index (χ0n) is 9.15. The van der Waals surface area contributed by atoms with Gasteiger partial charge in [-0.3, -0.25) is 0 Å². The maximum absolute atomic E-state index is 11.8. The fourth-order valence-corrected chi connectivity index (χ4v) is 1.17. The fraction of sp³-hybridized carbons (Fsp3) is 0.875. The zero-order valence-corrected chi connectivity index (χ0v) is 9.15. The van der Waals surface area contributed by atoms with Gasteiger partial charge in [0, 0.05) is 13.0 Å². The Hall–Kier alpha value is -1.22. The van der Waals surface area contributed by atoms with Crippen LogP contribution in [-0.2, 0) is 17.7 Å². The number of aromatic nitrogens is 4. The van der Waals surface area contributed by atoms with Gasteiger partial charge in [-0.25, -0.2) is 4.68 Å². The highest BCUT2D eigenvalue weighted by Gasteiger charge is 2.27. The third-order valence-corrected chi connectivity index (χ3v) is 1.92. The van der Waals surface area contributed by atoms with Gasteiger partial charge in [0.05, 0.1) is 6.61 Å². The van der Waals surface area contributed by atoms with Crippen LogP contribution in [0.3, 0.4) is 0 Å². The summed E-state index contributed by atoms with van der Waals surface area (Å²) in [7, 11) is 0. The van der Waals surface area contributed by atoms with Crippen molar-refractivity contribution < 1.29 is 17.9 Å². The first kappa shape index (κ1) is 13.8. The monoisotopic (exact) mass is 253 g/mol. The Morgan fingerprint density at radius 1 is 1.35 bits per heavy atom. The lowest BCUT2D eigenvalue weighted by Gasteiger charge is -2.07. The molecule has 2 N–H and O–H groups in total. The standard InChI is InChI=1S/C8H14F3N5O/c9-8(10,11)6-17-5-2-7-13-14-15-16(7)4-1-3-12/h1-6,12H2. The van der Waals surface area contributed by atoms with Crippen molar-refractivity contribution in [3.63, 3.8) is 0 Å². The van der Waals surface area contributed by atoms with Gasteiger partial charge in [-0.15, -0.1) is 5.10 Å². The number of hydrogen-bond donors (Lipinski definition) is 1. The van der Waals surface area contributed by atoms with E-state index in [4.69, 9.17) is 5.73 Å². The van der Waals surface area contributed by atoms with Crippen LogP contribution in [0, 0.1) is 0 Å². The molecule has 0 unspecified atom stereocenters. The van der Waals surface area contributed by atoms with Crippen molar-refractivity contribution in [1.82, 2.24) is 20.2 Å². The van der Waals surface area contributed by atoms with Crippen molar-refractivity contribution in [1.29, 1.82) is 0 Å². The molecule has 1 rings (SSSR count). The van der Waals surface area contributed by atoms with E-state index in [1.165, 1.54) is 4.68 Å². The normalized spacial score (nSPS) is 12.0. The lowest BCUT2D eigenvalue weighted by Crippen LogP contribution is -2.19. The lowest BCUT2D eigenvalue weighted by molar-refractivity contribution is -0.173. The van der Waals surface area contributed by atoms with Crippen LogP contribution in [0.2, 0.25) is 0 Å². The topological polar surface area (TPSA) is 78.9 Å². The first-order valence-corrected chi connectivity index (χ1v) is 5.12. The molecule has 0 radical (unpaired) electrons. The molecule has 0 amide bonds. The zero-order chi connectivity index (χ0) is 12.7. The van der Waals surface area contributed by atoms with Crippen molar-refractivity contribution in [3.8, 4) is 0 Å². The van der Waals surface area contributed by atoms with Crippen LogP contribution in [-0.4, -0.2) is 46.1 Å². The van der Waals surface area contributed by atoms with Crippen molar-refractivity contribution in [2.75, 3.05) is 19.8 Å². The molecule has 0 saturated carbocycles. The van der Waals surface area contributed by atoms with E-state index in [9.17, 15) is 13.2 Å². The van der Waals surface area contributed by atoms with Crippen LogP contribution in [0.15, 0.2) is 0 Å². The molecule has 0 bridgehead atoms. The highest BCUT2D eigenvalue weighted by molar-refractivity contribution is 4.80. The molecular weight excluding hydrogens is 239 g/mol. The van der Waals surface area contributed by atoms with Crippen LogP contribution in [0.5, 0.6) is 0 Å². The molecular formula is C8H14F3N5O. The van der Waals surface area contributed by atoms with Crippen LogP contribution >= 0.6 is 0 Å². The minimum atomic E-state index is -4.30. The fourth-order valence-electron chi connectivity index (χ4n) is 1.17. The summed E-state index contributed by atoms with van der Waals surface area (Å²) in [5, 5.41) is 10.9. The SMILES string of the molecule is NCCCn1nnnc1CCOCC(F)(F)F. The highest BCUT2D eigenvalue weighted by Crippen LogP contribution is 2.14. The third kappa shape index (κ3) is 5.59. The van der Waals surface area contributed by atoms with Crippen molar-refractivity contribution >= 4 is 0 Å². The van der Waals surface area contributed by atoms with E-state index < -0.39 is 12.8 Å². The van der Waals surface area contributed by atoms with Gasteiger partial charge in [0.15, 0.2) is 5.82 Å². The molecule has 1 aromatic rings. The summed E-state index contributed by atoms with van der Waals surface area (Å²) in [6.07, 6.45) is -3.35. The number of halogens is 3. The second kappa shape index (κ2) is 6.50. The van der Waals surface area contributed by atoms with Gasteiger partial charge in [0.1, 0.15) is 6.61 Å². The van der Waals surface area contributed by atoms with E-state index in [1.807, 2.05) is 0 Å². The number of nitrogens with two attached hydrogens (primary N) is 1. The summed E-state index contributed by atoms with van der Waals surface area (Å²) in [5.41, 5.74) is 5.33. The maximum Gasteiger partial charge on any atom is 0.411 e. The Balaban J connectivity index is 2.29. The predicted octanol–water partition coefficient (Wildman–Crippen LogP) is 0.143. The first-order valence-electron chi connectivity index (χ1n) is 5.12. The lowest BCUT2D eigenvalue weighted by atomic mass is 10.4. The van der Waals surface area contributed by atoms with Gasteiger partial charge in [0.25, 0.3) is 0 Å². The molecule has 0 aliphatic heterocycles. The predicted molar refractivity (Wildman–Crippen MR) is 52.1 cm³/mol. The minimum absolute atomic E-state index is 0.0670. The number of rotatable bonds is 7. The molecule has 0 atom stereocenters. The molecule has 0 aromatic carbocycles. The second-order valence-electron chi connectivity index (χ2n) is 3.38. The van der Waals surface area contributed by atoms with Gasteiger partial charge in [-0.2, -0.15) is 13.2 Å². The number of ether oxygens (including phenoxy) is 1. The van der Waals surface area contributed by atoms with E-state index >= 15 is 0 Å². The Labute approximate surface area is 95.9 Å². The summed E-state index contributed by atoms with van der Waals surface area (Å²) in [5.74, 6) is 0.501. The minimum Gasteiger partial charge on any atom is -0.372 e. The number of alkyl halides is 3. The average Bonchev–Trinajstić information content (AvgIpc) is 2.67. The Kier molecular flexibility index (Phi) is 5.29. The number of tetrazole rings is 1. The van der Waals surface area contributed by atoms with Gasteiger partial charge in [0.2, 0.25) is 0 Å². The molecule has 9 heteroatoms. The molecule has 0 aliphatic rings. The quantitative estimate of drug-likeness (QED) is 0.699. The molecule has 0 spiro atoms. The van der Waals surface area contributed by atoms with E-state index in [0.717, 1.165) is 0 Å². The number of aryl methyl sites for hydroxylation is 1. The van der Waals surface area contributed by atoms with E-state index in [1.54, 1.807) is 0 Å². The Morgan fingerprint density at radius 3 is 2.76 bits per heavy atom. The molecule has 0 fully saturated rings. The molecule has 1 heterocycles.